The van der Waals surface area contributed by atoms with Crippen LogP contribution in [0.3, 0.4) is 0 Å². The highest BCUT2D eigenvalue weighted by atomic mass is 79.9. The maximum atomic E-state index is 12.4. The Bertz CT molecular complexity index is 368. The molecule has 0 fully saturated rings. The number of benzene rings is 1. The Balaban J connectivity index is 2.64. The average molecular weight is 312 g/mol. The van der Waals surface area contributed by atoms with E-state index in [1.807, 2.05) is 0 Å². The van der Waals surface area contributed by atoms with Gasteiger partial charge in [-0.3, -0.25) is 0 Å². The summed E-state index contributed by atoms with van der Waals surface area (Å²) in [5, 5.41) is 3.03. The lowest BCUT2D eigenvalue weighted by molar-refractivity contribution is -0.137. The van der Waals surface area contributed by atoms with E-state index < -0.39 is 11.7 Å². The van der Waals surface area contributed by atoms with Crippen molar-refractivity contribution in [3.05, 3.63) is 28.2 Å². The smallest absolute Gasteiger partial charge is 0.385 e. The molecule has 96 valence electrons. The van der Waals surface area contributed by atoms with Crippen molar-refractivity contribution < 1.29 is 17.9 Å². The first-order valence-corrected chi connectivity index (χ1v) is 5.84. The summed E-state index contributed by atoms with van der Waals surface area (Å²) >= 11 is 3.12. The monoisotopic (exact) mass is 311 g/mol. The molecule has 1 aromatic rings. The van der Waals surface area contributed by atoms with E-state index in [0.717, 1.165) is 18.6 Å². The fourth-order valence-electron chi connectivity index (χ4n) is 1.27. The molecule has 1 rings (SSSR count). The molecule has 0 aromatic heterocycles. The second-order valence-electron chi connectivity index (χ2n) is 3.47. The summed E-state index contributed by atoms with van der Waals surface area (Å²) in [7, 11) is 1.61. The summed E-state index contributed by atoms with van der Waals surface area (Å²) in [6, 6.07) is 3.54. The van der Waals surface area contributed by atoms with Crippen LogP contribution in [-0.2, 0) is 10.9 Å². The summed E-state index contributed by atoms with van der Waals surface area (Å²) in [4.78, 5) is 0. The van der Waals surface area contributed by atoms with Crippen molar-refractivity contribution in [1.82, 2.24) is 0 Å². The second kappa shape index (κ2) is 6.26. The van der Waals surface area contributed by atoms with Crippen LogP contribution in [0.4, 0.5) is 18.9 Å². The van der Waals surface area contributed by atoms with E-state index in [2.05, 4.69) is 21.2 Å². The van der Waals surface area contributed by atoms with Gasteiger partial charge in [-0.2, -0.15) is 13.2 Å². The van der Waals surface area contributed by atoms with E-state index in [4.69, 9.17) is 4.74 Å². The van der Waals surface area contributed by atoms with Crippen molar-refractivity contribution in [3.8, 4) is 0 Å². The van der Waals surface area contributed by atoms with Gasteiger partial charge in [-0.05, 0) is 40.5 Å². The third-order valence-corrected chi connectivity index (χ3v) is 2.79. The van der Waals surface area contributed by atoms with Gasteiger partial charge >= 0.3 is 6.18 Å². The first kappa shape index (κ1) is 14.3. The molecule has 0 saturated carbocycles. The number of alkyl halides is 3. The van der Waals surface area contributed by atoms with Crippen molar-refractivity contribution >= 4 is 21.6 Å². The Labute approximate surface area is 106 Å². The number of methoxy groups -OCH3 is 1. The zero-order valence-electron chi connectivity index (χ0n) is 9.27. The van der Waals surface area contributed by atoms with Crippen LogP contribution >= 0.6 is 15.9 Å². The van der Waals surface area contributed by atoms with E-state index in [9.17, 15) is 13.2 Å². The van der Waals surface area contributed by atoms with Gasteiger partial charge in [0, 0.05) is 30.4 Å². The molecule has 1 N–H and O–H groups in total. The van der Waals surface area contributed by atoms with Gasteiger partial charge in [-0.25, -0.2) is 0 Å². The molecular formula is C11H13BrF3NO. The Hall–Kier alpha value is -0.750. The fraction of sp³-hybridized carbons (Fsp3) is 0.455. The molecule has 2 nitrogen and oxygen atoms in total. The number of halogens is 4. The van der Waals surface area contributed by atoms with Gasteiger partial charge in [0.1, 0.15) is 0 Å². The number of anilines is 1. The van der Waals surface area contributed by atoms with Crippen molar-refractivity contribution in [3.63, 3.8) is 0 Å². The number of ether oxygens (including phenoxy) is 1. The van der Waals surface area contributed by atoms with E-state index in [1.54, 1.807) is 7.11 Å². The summed E-state index contributed by atoms with van der Waals surface area (Å²) < 4.78 is 42.5. The van der Waals surface area contributed by atoms with Crippen LogP contribution in [0.1, 0.15) is 12.0 Å². The highest BCUT2D eigenvalue weighted by Gasteiger charge is 2.30. The lowest BCUT2D eigenvalue weighted by atomic mass is 10.2. The van der Waals surface area contributed by atoms with Crippen LogP contribution in [0.2, 0.25) is 0 Å². The van der Waals surface area contributed by atoms with Gasteiger partial charge in [-0.1, -0.05) is 0 Å². The molecule has 0 spiro atoms. The molecule has 0 saturated heterocycles. The summed E-state index contributed by atoms with van der Waals surface area (Å²) in [6.07, 6.45) is -3.51. The number of nitrogens with one attached hydrogen (secondary N) is 1. The molecule has 0 amide bonds. The van der Waals surface area contributed by atoms with Gasteiger partial charge in [0.15, 0.2) is 0 Å². The van der Waals surface area contributed by atoms with Gasteiger partial charge in [0.25, 0.3) is 0 Å². The topological polar surface area (TPSA) is 21.3 Å². The molecule has 17 heavy (non-hydrogen) atoms. The van der Waals surface area contributed by atoms with E-state index in [-0.39, 0.29) is 0 Å². The highest BCUT2D eigenvalue weighted by Crippen LogP contribution is 2.33. The third kappa shape index (κ3) is 4.55. The molecule has 0 bridgehead atoms. The van der Waals surface area contributed by atoms with Crippen LogP contribution < -0.4 is 5.32 Å². The van der Waals surface area contributed by atoms with Crippen LogP contribution in [-0.4, -0.2) is 20.3 Å². The molecule has 0 radical (unpaired) electrons. The Morgan fingerprint density at radius 1 is 1.35 bits per heavy atom. The molecule has 1 aromatic carbocycles. The number of hydrogen-bond donors (Lipinski definition) is 1. The van der Waals surface area contributed by atoms with Gasteiger partial charge < -0.3 is 10.1 Å². The molecule has 0 aliphatic rings. The minimum Gasteiger partial charge on any atom is -0.385 e. The van der Waals surface area contributed by atoms with Crippen LogP contribution in [0.5, 0.6) is 0 Å². The second-order valence-corrected chi connectivity index (χ2v) is 4.32. The maximum absolute atomic E-state index is 12.4. The van der Waals surface area contributed by atoms with Crippen LogP contribution in [0, 0.1) is 0 Å². The minimum atomic E-state index is -4.31. The third-order valence-electron chi connectivity index (χ3n) is 2.14. The quantitative estimate of drug-likeness (QED) is 0.832. The highest BCUT2D eigenvalue weighted by molar-refractivity contribution is 9.10. The van der Waals surface area contributed by atoms with Crippen LogP contribution in [0.15, 0.2) is 22.7 Å². The fourth-order valence-corrected chi connectivity index (χ4v) is 1.79. The zero-order valence-corrected chi connectivity index (χ0v) is 10.9. The standard InChI is InChI=1S/C11H13BrF3NO/c1-17-6-2-5-16-10-4-3-8(7-9(10)12)11(13,14)15/h3-4,7,16H,2,5-6H2,1H3. The molecule has 6 heteroatoms. The largest absolute Gasteiger partial charge is 0.416 e. The molecule has 0 heterocycles. The SMILES string of the molecule is COCCCNc1ccc(C(F)(F)F)cc1Br. The molecule has 0 aliphatic heterocycles. The van der Waals surface area contributed by atoms with Crippen molar-refractivity contribution in [1.29, 1.82) is 0 Å². The average Bonchev–Trinajstić information content (AvgIpc) is 2.24. The minimum absolute atomic E-state index is 0.407. The van der Waals surface area contributed by atoms with Gasteiger partial charge in [0.05, 0.1) is 5.56 Å². The summed E-state index contributed by atoms with van der Waals surface area (Å²) in [5.41, 5.74) is -0.0130. The predicted molar refractivity (Wildman–Crippen MR) is 64.1 cm³/mol. The predicted octanol–water partition coefficient (Wildman–Crippen LogP) is 3.92. The number of rotatable bonds is 5. The van der Waals surface area contributed by atoms with Crippen molar-refractivity contribution in [2.45, 2.75) is 12.6 Å². The first-order chi connectivity index (χ1) is 7.95. The molecule has 0 atom stereocenters. The Morgan fingerprint density at radius 3 is 2.59 bits per heavy atom. The van der Waals surface area contributed by atoms with Gasteiger partial charge in [-0.15, -0.1) is 0 Å². The normalized spacial score (nSPS) is 11.6. The van der Waals surface area contributed by atoms with E-state index in [0.29, 0.717) is 23.3 Å². The zero-order chi connectivity index (χ0) is 12.9. The Morgan fingerprint density at radius 2 is 2.06 bits per heavy atom. The molecular weight excluding hydrogens is 299 g/mol. The maximum Gasteiger partial charge on any atom is 0.416 e. The Kier molecular flexibility index (Phi) is 5.27. The lowest BCUT2D eigenvalue weighted by Gasteiger charge is -2.11. The lowest BCUT2D eigenvalue weighted by Crippen LogP contribution is -2.07. The summed E-state index contributed by atoms with van der Waals surface area (Å²) in [5.74, 6) is 0. The van der Waals surface area contributed by atoms with Crippen LogP contribution in [0.25, 0.3) is 0 Å². The molecule has 0 unspecified atom stereocenters. The first-order valence-electron chi connectivity index (χ1n) is 5.04. The molecule has 0 aliphatic carbocycles. The summed E-state index contributed by atoms with van der Waals surface area (Å²) in [6.45, 7) is 1.27. The van der Waals surface area contributed by atoms with Crippen molar-refractivity contribution in [2.24, 2.45) is 0 Å². The van der Waals surface area contributed by atoms with Gasteiger partial charge in [0.2, 0.25) is 0 Å². The van der Waals surface area contributed by atoms with E-state index in [1.165, 1.54) is 6.07 Å². The van der Waals surface area contributed by atoms with E-state index >= 15 is 0 Å². The number of hydrogen-bond acceptors (Lipinski definition) is 2. The van der Waals surface area contributed by atoms with Crippen molar-refractivity contribution in [2.75, 3.05) is 25.6 Å².